The Balaban J connectivity index is 1.83. The van der Waals surface area contributed by atoms with Crippen LogP contribution >= 0.6 is 11.6 Å². The zero-order chi connectivity index (χ0) is 16.9. The van der Waals surface area contributed by atoms with Crippen molar-refractivity contribution in [3.63, 3.8) is 0 Å². The van der Waals surface area contributed by atoms with Crippen molar-refractivity contribution in [1.29, 1.82) is 0 Å². The first-order valence-electron chi connectivity index (χ1n) is 6.77. The molecule has 2 heterocycles. The molecule has 0 aliphatic carbocycles. The first-order chi connectivity index (χ1) is 11.6. The molecule has 0 atom stereocenters. The van der Waals surface area contributed by atoms with Gasteiger partial charge in [-0.15, -0.1) is 0 Å². The van der Waals surface area contributed by atoms with Crippen LogP contribution in [0, 0.1) is 0 Å². The van der Waals surface area contributed by atoms with Gasteiger partial charge in [0.25, 0.3) is 5.91 Å². The fourth-order valence-corrected chi connectivity index (χ4v) is 2.04. The minimum absolute atomic E-state index is 0.0278. The lowest BCUT2D eigenvalue weighted by Gasteiger charge is -2.03. The topological polar surface area (TPSA) is 119 Å². The van der Waals surface area contributed by atoms with Gasteiger partial charge < -0.3 is 11.1 Å². The van der Waals surface area contributed by atoms with E-state index in [1.165, 1.54) is 6.20 Å². The fourth-order valence-electron chi connectivity index (χ4n) is 1.85. The molecule has 0 fully saturated rings. The van der Waals surface area contributed by atoms with Gasteiger partial charge in [0.05, 0.1) is 11.3 Å². The number of aliphatic imine (C=N–C) groups is 1. The van der Waals surface area contributed by atoms with Crippen molar-refractivity contribution in [2.45, 2.75) is 0 Å². The van der Waals surface area contributed by atoms with Crippen LogP contribution in [0.1, 0.15) is 16.1 Å². The van der Waals surface area contributed by atoms with Crippen LogP contribution in [0.25, 0.3) is 0 Å². The second kappa shape index (κ2) is 6.88. The van der Waals surface area contributed by atoms with Crippen molar-refractivity contribution in [1.82, 2.24) is 15.3 Å². The van der Waals surface area contributed by atoms with Gasteiger partial charge in [0.2, 0.25) is 5.82 Å². The summed E-state index contributed by atoms with van der Waals surface area (Å²) in [4.78, 5) is 20.2. The Hall–Kier alpha value is -3.26. The third kappa shape index (κ3) is 3.55. The summed E-state index contributed by atoms with van der Waals surface area (Å²) in [5, 5.41) is 10.4. The second-order valence-electron chi connectivity index (χ2n) is 4.63. The quantitative estimate of drug-likeness (QED) is 0.555. The molecule has 3 N–H and O–H groups in total. The van der Waals surface area contributed by atoms with Crippen molar-refractivity contribution < 1.29 is 9.42 Å². The summed E-state index contributed by atoms with van der Waals surface area (Å²) in [6.45, 7) is 0. The van der Waals surface area contributed by atoms with Gasteiger partial charge in [0.15, 0.2) is 11.5 Å². The molecule has 120 valence electrons. The highest BCUT2D eigenvalue weighted by Gasteiger charge is 2.17. The Labute approximate surface area is 141 Å². The van der Waals surface area contributed by atoms with Crippen LogP contribution in [0.15, 0.2) is 58.4 Å². The molecular weight excluding hydrogens is 332 g/mol. The van der Waals surface area contributed by atoms with Crippen molar-refractivity contribution in [2.75, 3.05) is 5.32 Å². The lowest BCUT2D eigenvalue weighted by atomic mass is 10.2. The predicted molar refractivity (Wildman–Crippen MR) is 88.3 cm³/mol. The van der Waals surface area contributed by atoms with Crippen molar-refractivity contribution in [3.8, 4) is 0 Å². The van der Waals surface area contributed by atoms with Crippen LogP contribution in [0.3, 0.4) is 0 Å². The van der Waals surface area contributed by atoms with Gasteiger partial charge in [-0.05, 0) is 40.6 Å². The Kier molecular flexibility index (Phi) is 4.48. The molecule has 1 aromatic carbocycles. The molecule has 0 spiro atoms. The van der Waals surface area contributed by atoms with E-state index in [9.17, 15) is 4.79 Å². The number of carbonyl (C=O) groups is 1. The van der Waals surface area contributed by atoms with Gasteiger partial charge in [0, 0.05) is 17.4 Å². The van der Waals surface area contributed by atoms with Crippen LogP contribution in [0.4, 0.5) is 11.5 Å². The predicted octanol–water partition coefficient (Wildman–Crippen LogP) is 2.41. The van der Waals surface area contributed by atoms with Crippen LogP contribution in [-0.4, -0.2) is 27.0 Å². The summed E-state index contributed by atoms with van der Waals surface area (Å²) in [7, 11) is 0. The maximum absolute atomic E-state index is 12.1. The number of nitrogens with two attached hydrogens (primary N) is 1. The number of hydrogen-bond acceptors (Lipinski definition) is 6. The number of amides is 1. The van der Waals surface area contributed by atoms with E-state index in [1.807, 2.05) is 0 Å². The van der Waals surface area contributed by atoms with Crippen molar-refractivity contribution in [2.24, 2.45) is 10.7 Å². The number of carbonyl (C=O) groups excluding carboxylic acids is 1. The summed E-state index contributed by atoms with van der Waals surface area (Å²) in [5.41, 5.74) is 6.93. The SMILES string of the molecule is NC(=Nc1cccc(Cl)c1)c1nonc1NC(=O)c1cccnc1. The van der Waals surface area contributed by atoms with Crippen molar-refractivity contribution >= 4 is 34.8 Å². The molecule has 3 rings (SSSR count). The average Bonchev–Trinajstić information content (AvgIpc) is 3.04. The Morgan fingerprint density at radius 2 is 2.12 bits per heavy atom. The van der Waals surface area contributed by atoms with Gasteiger partial charge in [0.1, 0.15) is 0 Å². The van der Waals surface area contributed by atoms with E-state index in [0.29, 0.717) is 16.3 Å². The number of anilines is 1. The van der Waals surface area contributed by atoms with E-state index in [1.54, 1.807) is 42.6 Å². The first kappa shape index (κ1) is 15.6. The van der Waals surface area contributed by atoms with Crippen molar-refractivity contribution in [3.05, 3.63) is 65.1 Å². The smallest absolute Gasteiger partial charge is 0.258 e. The Morgan fingerprint density at radius 3 is 2.88 bits per heavy atom. The highest BCUT2D eigenvalue weighted by molar-refractivity contribution is 6.30. The maximum Gasteiger partial charge on any atom is 0.258 e. The molecule has 2 aromatic heterocycles. The third-order valence-corrected chi connectivity index (χ3v) is 3.18. The van der Waals surface area contributed by atoms with Crippen LogP contribution < -0.4 is 11.1 Å². The molecule has 24 heavy (non-hydrogen) atoms. The normalized spacial score (nSPS) is 11.3. The minimum Gasteiger partial charge on any atom is -0.382 e. The van der Waals surface area contributed by atoms with Gasteiger partial charge in [-0.3, -0.25) is 9.78 Å². The summed E-state index contributed by atoms with van der Waals surface area (Å²) < 4.78 is 4.65. The summed E-state index contributed by atoms with van der Waals surface area (Å²) in [5.74, 6) is -0.331. The van der Waals surface area contributed by atoms with E-state index in [0.717, 1.165) is 0 Å². The molecule has 0 saturated carbocycles. The molecule has 0 radical (unpaired) electrons. The lowest BCUT2D eigenvalue weighted by molar-refractivity contribution is 0.102. The molecule has 3 aromatic rings. The third-order valence-electron chi connectivity index (χ3n) is 2.94. The zero-order valence-corrected chi connectivity index (χ0v) is 12.9. The number of rotatable bonds is 4. The Bertz CT molecular complexity index is 894. The first-order valence-corrected chi connectivity index (χ1v) is 7.15. The van der Waals surface area contributed by atoms with E-state index < -0.39 is 5.91 Å². The number of amidine groups is 1. The monoisotopic (exact) mass is 342 g/mol. The maximum atomic E-state index is 12.1. The molecule has 9 heteroatoms. The standard InChI is InChI=1S/C15H11ClN6O2/c16-10-4-1-5-11(7-10)19-13(17)12-14(22-24-21-12)20-15(23)9-3-2-6-18-8-9/h1-8H,(H2,17,19)(H,20,22,23). The van der Waals surface area contributed by atoms with Gasteiger partial charge in [-0.1, -0.05) is 17.7 Å². The fraction of sp³-hybridized carbons (Fsp3) is 0. The molecule has 0 bridgehead atoms. The number of nitrogens with zero attached hydrogens (tertiary/aromatic N) is 4. The number of benzene rings is 1. The Morgan fingerprint density at radius 1 is 1.25 bits per heavy atom. The summed E-state index contributed by atoms with van der Waals surface area (Å²) in [6, 6.07) is 10.1. The molecule has 0 unspecified atom stereocenters. The van der Waals surface area contributed by atoms with E-state index >= 15 is 0 Å². The van der Waals surface area contributed by atoms with E-state index in [2.05, 4.69) is 30.2 Å². The summed E-state index contributed by atoms with van der Waals surface area (Å²) in [6.07, 6.45) is 2.99. The highest BCUT2D eigenvalue weighted by Crippen LogP contribution is 2.19. The van der Waals surface area contributed by atoms with Gasteiger partial charge >= 0.3 is 0 Å². The van der Waals surface area contributed by atoms with E-state index in [-0.39, 0.29) is 17.3 Å². The molecule has 8 nitrogen and oxygen atoms in total. The molecule has 0 aliphatic rings. The molecular formula is C15H11ClN6O2. The number of nitrogens with one attached hydrogen (secondary N) is 1. The van der Waals surface area contributed by atoms with Crippen LogP contribution in [-0.2, 0) is 0 Å². The minimum atomic E-state index is -0.421. The number of hydrogen-bond donors (Lipinski definition) is 2. The van der Waals surface area contributed by atoms with E-state index in [4.69, 9.17) is 17.3 Å². The van der Waals surface area contributed by atoms with Gasteiger partial charge in [-0.25, -0.2) is 9.62 Å². The van der Waals surface area contributed by atoms with Crippen LogP contribution in [0.2, 0.25) is 5.02 Å². The zero-order valence-electron chi connectivity index (χ0n) is 12.2. The lowest BCUT2D eigenvalue weighted by Crippen LogP contribution is -2.19. The highest BCUT2D eigenvalue weighted by atomic mass is 35.5. The molecule has 0 saturated heterocycles. The number of halogens is 1. The molecule has 0 aliphatic heterocycles. The number of pyridine rings is 1. The molecule has 1 amide bonds. The average molecular weight is 343 g/mol. The largest absolute Gasteiger partial charge is 0.382 e. The second-order valence-corrected chi connectivity index (χ2v) is 5.07. The van der Waals surface area contributed by atoms with Gasteiger partial charge in [-0.2, -0.15) is 0 Å². The van der Waals surface area contributed by atoms with Crippen LogP contribution in [0.5, 0.6) is 0 Å². The summed E-state index contributed by atoms with van der Waals surface area (Å²) >= 11 is 5.90. The number of aromatic nitrogens is 3.